The van der Waals surface area contributed by atoms with E-state index in [-0.39, 0.29) is 17.9 Å². The molecule has 5 rings (SSSR count). The minimum Gasteiger partial charge on any atom is -0.488 e. The van der Waals surface area contributed by atoms with Crippen molar-refractivity contribution in [2.75, 3.05) is 4.90 Å². The number of carbonyl (C=O) groups is 3. The Balaban J connectivity index is 1.46. The van der Waals surface area contributed by atoms with Gasteiger partial charge in [-0.15, -0.1) is 0 Å². The minimum absolute atomic E-state index is 0.204. The van der Waals surface area contributed by atoms with Gasteiger partial charge in [-0.3, -0.25) is 14.9 Å². The standard InChI is InChI=1S/C29H20BrClN2O4/c1-17-6-10-23(15-25(17)31)33-28(35)24(27(34)32-29(33)36)14-21-13-22(30)9-11-26(21)37-16-18-7-8-19-4-2-3-5-20(19)12-18/h2-15H,16H2,1H3,(H,32,34,36)/b24-14-. The van der Waals surface area contributed by atoms with Gasteiger partial charge < -0.3 is 4.74 Å². The van der Waals surface area contributed by atoms with Crippen LogP contribution in [0.1, 0.15) is 16.7 Å². The zero-order valence-corrected chi connectivity index (χ0v) is 22.0. The summed E-state index contributed by atoms with van der Waals surface area (Å²) in [7, 11) is 0. The molecule has 6 nitrogen and oxygen atoms in total. The third-order valence-corrected chi connectivity index (χ3v) is 6.90. The summed E-state index contributed by atoms with van der Waals surface area (Å²) < 4.78 is 6.83. The molecule has 0 radical (unpaired) electrons. The number of nitrogens with zero attached hydrogens (tertiary/aromatic N) is 1. The van der Waals surface area contributed by atoms with E-state index in [1.165, 1.54) is 12.1 Å². The molecule has 0 atom stereocenters. The number of amides is 4. The zero-order valence-electron chi connectivity index (χ0n) is 19.6. The van der Waals surface area contributed by atoms with Gasteiger partial charge in [-0.1, -0.05) is 70.0 Å². The lowest BCUT2D eigenvalue weighted by Gasteiger charge is -2.26. The van der Waals surface area contributed by atoms with Crippen LogP contribution in [0.4, 0.5) is 10.5 Å². The summed E-state index contributed by atoms with van der Waals surface area (Å²) in [6.07, 6.45) is 1.42. The van der Waals surface area contributed by atoms with Crippen LogP contribution in [-0.4, -0.2) is 17.8 Å². The molecule has 1 aliphatic heterocycles. The number of barbiturate groups is 1. The third kappa shape index (κ3) is 5.14. The molecule has 4 aromatic carbocycles. The van der Waals surface area contributed by atoms with Crippen LogP contribution in [0.3, 0.4) is 0 Å². The van der Waals surface area contributed by atoms with Crippen molar-refractivity contribution in [3.8, 4) is 5.75 Å². The Bertz CT molecular complexity index is 1620. The minimum atomic E-state index is -0.839. The second-order valence-electron chi connectivity index (χ2n) is 8.54. The van der Waals surface area contributed by atoms with Gasteiger partial charge in [0.15, 0.2) is 0 Å². The fourth-order valence-corrected chi connectivity index (χ4v) is 4.58. The molecule has 0 aliphatic carbocycles. The predicted octanol–water partition coefficient (Wildman–Crippen LogP) is 6.81. The SMILES string of the molecule is Cc1ccc(N2C(=O)NC(=O)/C(=C/c3cc(Br)ccc3OCc3ccc4ccccc4c3)C2=O)cc1Cl. The zero-order chi connectivity index (χ0) is 26.1. The summed E-state index contributed by atoms with van der Waals surface area (Å²) in [5, 5.41) is 4.87. The second kappa shape index (κ2) is 10.2. The maximum Gasteiger partial charge on any atom is 0.335 e. The lowest BCUT2D eigenvalue weighted by molar-refractivity contribution is -0.122. The van der Waals surface area contributed by atoms with Crippen LogP contribution in [0.2, 0.25) is 5.02 Å². The summed E-state index contributed by atoms with van der Waals surface area (Å²) in [5.41, 5.74) is 2.33. The van der Waals surface area contributed by atoms with Gasteiger partial charge in [-0.25, -0.2) is 9.69 Å². The lowest BCUT2D eigenvalue weighted by atomic mass is 10.1. The van der Waals surface area contributed by atoms with E-state index in [2.05, 4.69) is 27.3 Å². The summed E-state index contributed by atoms with van der Waals surface area (Å²) >= 11 is 9.64. The fourth-order valence-electron chi connectivity index (χ4n) is 4.02. The molecule has 8 heteroatoms. The first kappa shape index (κ1) is 24.7. The van der Waals surface area contributed by atoms with Crippen molar-refractivity contribution in [2.45, 2.75) is 13.5 Å². The van der Waals surface area contributed by atoms with Gasteiger partial charge in [-0.2, -0.15) is 0 Å². The smallest absolute Gasteiger partial charge is 0.335 e. The Hall–Kier alpha value is -3.94. The van der Waals surface area contributed by atoms with E-state index in [0.717, 1.165) is 31.3 Å². The normalized spacial score (nSPS) is 14.8. The van der Waals surface area contributed by atoms with Crippen molar-refractivity contribution < 1.29 is 19.1 Å². The van der Waals surface area contributed by atoms with Crippen molar-refractivity contribution >= 4 is 67.9 Å². The number of carbonyl (C=O) groups excluding carboxylic acids is 3. The van der Waals surface area contributed by atoms with Crippen molar-refractivity contribution in [3.63, 3.8) is 0 Å². The molecular formula is C29H20BrClN2O4. The highest BCUT2D eigenvalue weighted by molar-refractivity contribution is 9.10. The lowest BCUT2D eigenvalue weighted by Crippen LogP contribution is -2.54. The number of aryl methyl sites for hydroxylation is 1. The average Bonchev–Trinajstić information content (AvgIpc) is 2.88. The van der Waals surface area contributed by atoms with Gasteiger partial charge in [-0.05, 0) is 71.3 Å². The highest BCUT2D eigenvalue weighted by Crippen LogP contribution is 2.30. The van der Waals surface area contributed by atoms with Crippen molar-refractivity contribution in [1.82, 2.24) is 5.32 Å². The molecule has 1 saturated heterocycles. The third-order valence-electron chi connectivity index (χ3n) is 6.00. The largest absolute Gasteiger partial charge is 0.488 e. The summed E-state index contributed by atoms with van der Waals surface area (Å²) in [5.74, 6) is -1.06. The van der Waals surface area contributed by atoms with E-state index in [1.807, 2.05) is 49.4 Å². The second-order valence-corrected chi connectivity index (χ2v) is 9.87. The number of ether oxygens (including phenoxy) is 1. The summed E-state index contributed by atoms with van der Waals surface area (Å²) in [6.45, 7) is 2.10. The van der Waals surface area contributed by atoms with Gasteiger partial charge >= 0.3 is 6.03 Å². The first-order valence-electron chi connectivity index (χ1n) is 11.4. The van der Waals surface area contributed by atoms with Gasteiger partial charge in [0.1, 0.15) is 17.9 Å². The highest BCUT2D eigenvalue weighted by atomic mass is 79.9. The molecule has 4 aromatic rings. The van der Waals surface area contributed by atoms with Crippen LogP contribution in [0.15, 0.2) is 88.9 Å². The van der Waals surface area contributed by atoms with Gasteiger partial charge in [0.2, 0.25) is 0 Å². The molecule has 0 unspecified atom stereocenters. The van der Waals surface area contributed by atoms with Gasteiger partial charge in [0, 0.05) is 15.1 Å². The average molecular weight is 576 g/mol. The molecule has 0 bridgehead atoms. The fraction of sp³-hybridized carbons (Fsp3) is 0.0690. The quantitative estimate of drug-likeness (QED) is 0.210. The van der Waals surface area contributed by atoms with Crippen molar-refractivity contribution in [1.29, 1.82) is 0 Å². The van der Waals surface area contributed by atoms with E-state index in [1.54, 1.807) is 24.3 Å². The molecule has 0 spiro atoms. The first-order valence-corrected chi connectivity index (χ1v) is 12.5. The molecule has 1 heterocycles. The molecule has 0 saturated carbocycles. The number of hydrogen-bond acceptors (Lipinski definition) is 4. The summed E-state index contributed by atoms with van der Waals surface area (Å²) in [6, 6.07) is 23.4. The van der Waals surface area contributed by atoms with Crippen LogP contribution in [0, 0.1) is 6.92 Å². The Morgan fingerprint density at radius 2 is 1.73 bits per heavy atom. The van der Waals surface area contributed by atoms with Crippen LogP contribution < -0.4 is 15.0 Å². The van der Waals surface area contributed by atoms with Crippen LogP contribution in [0.5, 0.6) is 5.75 Å². The van der Waals surface area contributed by atoms with Crippen LogP contribution in [-0.2, 0) is 16.2 Å². The number of halogens is 2. The van der Waals surface area contributed by atoms with Crippen molar-refractivity contribution in [2.24, 2.45) is 0 Å². The monoisotopic (exact) mass is 574 g/mol. The van der Waals surface area contributed by atoms with E-state index in [4.69, 9.17) is 16.3 Å². The number of urea groups is 1. The van der Waals surface area contributed by atoms with Gasteiger partial charge in [0.05, 0.1) is 5.69 Å². The van der Waals surface area contributed by atoms with E-state index in [0.29, 0.717) is 16.3 Å². The maximum atomic E-state index is 13.3. The van der Waals surface area contributed by atoms with E-state index >= 15 is 0 Å². The number of benzene rings is 4. The molecule has 1 aliphatic rings. The van der Waals surface area contributed by atoms with Crippen LogP contribution >= 0.6 is 27.5 Å². The molecule has 184 valence electrons. The Labute approximate surface area is 226 Å². The number of rotatable bonds is 5. The highest BCUT2D eigenvalue weighted by Gasteiger charge is 2.37. The number of imide groups is 2. The van der Waals surface area contributed by atoms with Crippen LogP contribution in [0.25, 0.3) is 16.8 Å². The van der Waals surface area contributed by atoms with Crippen molar-refractivity contribution in [3.05, 3.63) is 111 Å². The number of hydrogen-bond donors (Lipinski definition) is 1. The number of anilines is 1. The first-order chi connectivity index (χ1) is 17.8. The Kier molecular flexibility index (Phi) is 6.82. The Morgan fingerprint density at radius 1 is 0.946 bits per heavy atom. The van der Waals surface area contributed by atoms with E-state index < -0.39 is 17.8 Å². The topological polar surface area (TPSA) is 75.7 Å². The summed E-state index contributed by atoms with van der Waals surface area (Å²) in [4.78, 5) is 39.5. The molecule has 4 amide bonds. The number of nitrogens with one attached hydrogen (secondary N) is 1. The molecular weight excluding hydrogens is 556 g/mol. The predicted molar refractivity (Wildman–Crippen MR) is 148 cm³/mol. The Morgan fingerprint density at radius 3 is 2.51 bits per heavy atom. The number of fused-ring (bicyclic) bond motifs is 1. The molecule has 0 aromatic heterocycles. The van der Waals surface area contributed by atoms with E-state index in [9.17, 15) is 14.4 Å². The van der Waals surface area contributed by atoms with Gasteiger partial charge in [0.25, 0.3) is 11.8 Å². The maximum absolute atomic E-state index is 13.3. The molecule has 1 N–H and O–H groups in total. The molecule has 37 heavy (non-hydrogen) atoms. The molecule has 1 fully saturated rings.